The Morgan fingerprint density at radius 1 is 1.23 bits per heavy atom. The van der Waals surface area contributed by atoms with Crippen LogP contribution >= 0.6 is 11.3 Å². The topological polar surface area (TPSA) is 64.6 Å². The van der Waals surface area contributed by atoms with Crippen LogP contribution in [0.2, 0.25) is 0 Å². The van der Waals surface area contributed by atoms with Crippen molar-refractivity contribution in [2.45, 2.75) is 6.92 Å². The number of thiophene rings is 1. The van der Waals surface area contributed by atoms with Crippen LogP contribution in [0.15, 0.2) is 30.3 Å². The predicted molar refractivity (Wildman–Crippen MR) is 81.2 cm³/mol. The summed E-state index contributed by atoms with van der Waals surface area (Å²) in [6.45, 7) is 2.18. The lowest BCUT2D eigenvalue weighted by Crippen LogP contribution is -2.11. The molecule has 0 aliphatic rings. The lowest BCUT2D eigenvalue weighted by Gasteiger charge is -2.10. The van der Waals surface area contributed by atoms with E-state index in [1.807, 2.05) is 0 Å². The molecule has 1 amide bonds. The van der Waals surface area contributed by atoms with Crippen molar-refractivity contribution in [2.75, 3.05) is 19.0 Å². The van der Waals surface area contributed by atoms with Gasteiger partial charge in [-0.3, -0.25) is 4.79 Å². The number of amides is 1. The Bertz CT molecular complexity index is 699. The molecule has 0 unspecified atom stereocenters. The molecule has 0 bridgehead atoms. The van der Waals surface area contributed by atoms with Crippen LogP contribution in [-0.4, -0.2) is 25.6 Å². The van der Waals surface area contributed by atoms with E-state index in [2.05, 4.69) is 10.1 Å². The monoisotopic (exact) mass is 323 g/mol. The summed E-state index contributed by atoms with van der Waals surface area (Å²) in [7, 11) is 1.27. The van der Waals surface area contributed by atoms with Crippen molar-refractivity contribution in [3.05, 3.63) is 45.9 Å². The Balaban J connectivity index is 2.20. The van der Waals surface area contributed by atoms with E-state index in [9.17, 15) is 14.0 Å². The molecule has 22 heavy (non-hydrogen) atoms. The fraction of sp³-hybridized carbons (Fsp3) is 0.200. The van der Waals surface area contributed by atoms with Crippen LogP contribution < -0.4 is 10.1 Å². The molecular weight excluding hydrogens is 309 g/mol. The quantitative estimate of drug-likeness (QED) is 0.857. The van der Waals surface area contributed by atoms with E-state index in [1.54, 1.807) is 6.92 Å². The van der Waals surface area contributed by atoms with Gasteiger partial charge in [0.2, 0.25) is 0 Å². The SMILES string of the molecule is CCOc1ccc(F)cc1NC(=O)c1ccc(C(=O)OC)s1. The van der Waals surface area contributed by atoms with E-state index >= 15 is 0 Å². The predicted octanol–water partition coefficient (Wildman–Crippen LogP) is 3.32. The third-order valence-electron chi connectivity index (χ3n) is 2.71. The number of carbonyl (C=O) groups excluding carboxylic acids is 2. The summed E-state index contributed by atoms with van der Waals surface area (Å²) in [5.41, 5.74) is 0.236. The third kappa shape index (κ3) is 3.62. The maximum absolute atomic E-state index is 13.3. The molecule has 1 aromatic carbocycles. The maximum Gasteiger partial charge on any atom is 0.348 e. The zero-order valence-electron chi connectivity index (χ0n) is 12.0. The van der Waals surface area contributed by atoms with Crippen LogP contribution in [0.1, 0.15) is 26.3 Å². The van der Waals surface area contributed by atoms with Crippen LogP contribution in [0.3, 0.4) is 0 Å². The van der Waals surface area contributed by atoms with E-state index in [-0.39, 0.29) is 5.69 Å². The Morgan fingerprint density at radius 2 is 1.95 bits per heavy atom. The fourth-order valence-electron chi connectivity index (χ4n) is 1.74. The highest BCUT2D eigenvalue weighted by atomic mass is 32.1. The summed E-state index contributed by atoms with van der Waals surface area (Å²) in [6.07, 6.45) is 0. The number of esters is 1. The highest BCUT2D eigenvalue weighted by molar-refractivity contribution is 7.16. The minimum atomic E-state index is -0.509. The highest BCUT2D eigenvalue weighted by Gasteiger charge is 2.16. The van der Waals surface area contributed by atoms with Gasteiger partial charge in [0.1, 0.15) is 16.4 Å². The number of hydrogen-bond donors (Lipinski definition) is 1. The number of benzene rings is 1. The van der Waals surface area contributed by atoms with Gasteiger partial charge < -0.3 is 14.8 Å². The lowest BCUT2D eigenvalue weighted by molar-refractivity contribution is 0.0606. The summed E-state index contributed by atoms with van der Waals surface area (Å²) in [5.74, 6) is -1.07. The highest BCUT2D eigenvalue weighted by Crippen LogP contribution is 2.27. The Labute approximate surface area is 130 Å². The second-order valence-electron chi connectivity index (χ2n) is 4.18. The van der Waals surface area contributed by atoms with Crippen molar-refractivity contribution in [2.24, 2.45) is 0 Å². The Kier molecular flexibility index (Phi) is 5.11. The zero-order valence-corrected chi connectivity index (χ0v) is 12.8. The largest absolute Gasteiger partial charge is 0.492 e. The van der Waals surface area contributed by atoms with E-state index in [4.69, 9.17) is 4.74 Å². The molecule has 0 saturated carbocycles. The fourth-order valence-corrected chi connectivity index (χ4v) is 2.55. The molecular formula is C15H14FNO4S. The number of carbonyl (C=O) groups is 2. The molecule has 5 nitrogen and oxygen atoms in total. The lowest BCUT2D eigenvalue weighted by atomic mass is 10.2. The molecule has 1 N–H and O–H groups in total. The summed E-state index contributed by atoms with van der Waals surface area (Å²) < 4.78 is 23.3. The van der Waals surface area contributed by atoms with Gasteiger partial charge >= 0.3 is 5.97 Å². The molecule has 0 aliphatic carbocycles. The average molecular weight is 323 g/mol. The van der Waals surface area contributed by atoms with Crippen molar-refractivity contribution in [3.63, 3.8) is 0 Å². The summed E-state index contributed by atoms with van der Waals surface area (Å²) in [4.78, 5) is 24.2. The first-order valence-corrected chi connectivity index (χ1v) is 7.28. The van der Waals surface area contributed by atoms with Crippen LogP contribution in [0, 0.1) is 5.82 Å². The smallest absolute Gasteiger partial charge is 0.348 e. The number of rotatable bonds is 5. The second-order valence-corrected chi connectivity index (χ2v) is 5.27. The van der Waals surface area contributed by atoms with Crippen molar-refractivity contribution in [1.82, 2.24) is 0 Å². The van der Waals surface area contributed by atoms with E-state index in [1.165, 1.54) is 37.4 Å². The molecule has 7 heteroatoms. The van der Waals surface area contributed by atoms with Gasteiger partial charge in [0.05, 0.1) is 24.3 Å². The second kappa shape index (κ2) is 7.04. The minimum Gasteiger partial charge on any atom is -0.492 e. The number of hydrogen-bond acceptors (Lipinski definition) is 5. The number of halogens is 1. The van der Waals surface area contributed by atoms with E-state index in [0.29, 0.717) is 22.1 Å². The number of anilines is 1. The maximum atomic E-state index is 13.3. The molecule has 2 aromatic rings. The van der Waals surface area contributed by atoms with E-state index in [0.717, 1.165) is 11.3 Å². The molecule has 116 valence electrons. The van der Waals surface area contributed by atoms with Gasteiger partial charge in [-0.15, -0.1) is 11.3 Å². The number of methoxy groups -OCH3 is 1. The molecule has 1 heterocycles. The number of nitrogens with one attached hydrogen (secondary N) is 1. The molecule has 0 aliphatic heterocycles. The van der Waals surface area contributed by atoms with Gasteiger partial charge in [-0.25, -0.2) is 9.18 Å². The Morgan fingerprint density at radius 3 is 2.64 bits per heavy atom. The zero-order chi connectivity index (χ0) is 16.1. The third-order valence-corrected chi connectivity index (χ3v) is 3.77. The van der Waals surface area contributed by atoms with Gasteiger partial charge in [-0.05, 0) is 31.2 Å². The molecule has 2 rings (SSSR count). The molecule has 0 radical (unpaired) electrons. The van der Waals surface area contributed by atoms with Crippen LogP contribution in [0.5, 0.6) is 5.75 Å². The normalized spacial score (nSPS) is 10.1. The first kappa shape index (κ1) is 16.0. The molecule has 0 fully saturated rings. The van der Waals surface area contributed by atoms with Gasteiger partial charge in [0.25, 0.3) is 5.91 Å². The van der Waals surface area contributed by atoms with E-state index < -0.39 is 17.7 Å². The van der Waals surface area contributed by atoms with Gasteiger partial charge in [-0.1, -0.05) is 0 Å². The van der Waals surface area contributed by atoms with Gasteiger partial charge in [-0.2, -0.15) is 0 Å². The van der Waals surface area contributed by atoms with Gasteiger partial charge in [0.15, 0.2) is 0 Å². The molecule has 0 saturated heterocycles. The van der Waals surface area contributed by atoms with Gasteiger partial charge in [0, 0.05) is 6.07 Å². The van der Waals surface area contributed by atoms with Crippen LogP contribution in [0.25, 0.3) is 0 Å². The van der Waals surface area contributed by atoms with Crippen molar-refractivity contribution < 1.29 is 23.5 Å². The van der Waals surface area contributed by atoms with Crippen LogP contribution in [0.4, 0.5) is 10.1 Å². The van der Waals surface area contributed by atoms with Crippen molar-refractivity contribution >= 4 is 28.9 Å². The molecule has 0 spiro atoms. The summed E-state index contributed by atoms with van der Waals surface area (Å²) >= 11 is 0.995. The first-order chi connectivity index (χ1) is 10.5. The summed E-state index contributed by atoms with van der Waals surface area (Å²) in [6, 6.07) is 6.88. The first-order valence-electron chi connectivity index (χ1n) is 6.47. The van der Waals surface area contributed by atoms with Crippen molar-refractivity contribution in [3.8, 4) is 5.75 Å². The summed E-state index contributed by atoms with van der Waals surface area (Å²) in [5, 5.41) is 2.58. The van der Waals surface area contributed by atoms with Crippen LogP contribution in [-0.2, 0) is 4.74 Å². The molecule has 1 aromatic heterocycles. The number of ether oxygens (including phenoxy) is 2. The standard InChI is InChI=1S/C15H14FNO4S/c1-3-21-11-5-4-9(16)8-10(11)17-14(18)12-6-7-13(22-12)15(19)20-2/h4-8H,3H2,1-2H3,(H,17,18). The Hall–Kier alpha value is -2.41. The van der Waals surface area contributed by atoms with Crippen molar-refractivity contribution in [1.29, 1.82) is 0 Å². The average Bonchev–Trinajstić information content (AvgIpc) is 2.99. The minimum absolute atomic E-state index is 0.236. The molecule has 0 atom stereocenters.